The van der Waals surface area contributed by atoms with Crippen molar-refractivity contribution >= 4 is 34.7 Å². The number of nitrogens with zero attached hydrogens (tertiary/aromatic N) is 5. The number of imidazole rings is 1. The molecule has 0 radical (unpaired) electrons. The molecule has 3 aromatic rings. The molecule has 2 aromatic heterocycles. The Morgan fingerprint density at radius 1 is 1.18 bits per heavy atom. The summed E-state index contributed by atoms with van der Waals surface area (Å²) in [6, 6.07) is 7.24. The molecule has 1 aliphatic carbocycles. The van der Waals surface area contributed by atoms with Crippen molar-refractivity contribution in [1.29, 1.82) is 0 Å². The summed E-state index contributed by atoms with van der Waals surface area (Å²) in [6.07, 6.45) is 5.77. The van der Waals surface area contributed by atoms with Crippen molar-refractivity contribution in [2.24, 2.45) is 22.6 Å². The third-order valence-electron chi connectivity index (χ3n) is 7.78. The van der Waals surface area contributed by atoms with Crippen LogP contribution in [0.5, 0.6) is 0 Å². The zero-order chi connectivity index (χ0) is 26.9. The first-order valence-electron chi connectivity index (χ1n) is 13.2. The molecule has 10 nitrogen and oxygen atoms in total. The van der Waals surface area contributed by atoms with E-state index in [-0.39, 0.29) is 17.6 Å². The van der Waals surface area contributed by atoms with Crippen LogP contribution in [0, 0.1) is 11.8 Å². The largest absolute Gasteiger partial charge is 0.463 e. The van der Waals surface area contributed by atoms with Crippen LogP contribution in [0.1, 0.15) is 63.5 Å². The number of fused-ring (bicyclic) bond motifs is 1. The van der Waals surface area contributed by atoms with Gasteiger partial charge < -0.3 is 25.3 Å². The lowest BCUT2D eigenvalue weighted by molar-refractivity contribution is -0.0654. The molecule has 3 heterocycles. The summed E-state index contributed by atoms with van der Waals surface area (Å²) in [6.45, 7) is 3.66. The van der Waals surface area contributed by atoms with Gasteiger partial charge in [-0.3, -0.25) is 0 Å². The molecule has 1 aliphatic heterocycles. The number of hydrogen-bond donors (Lipinski definition) is 3. The quantitative estimate of drug-likeness (QED) is 0.299. The molecule has 5 rings (SSSR count). The van der Waals surface area contributed by atoms with E-state index in [0.29, 0.717) is 58.9 Å². The number of hydrogen-bond acceptors (Lipinski definition) is 6. The number of aromatic nitrogens is 4. The van der Waals surface area contributed by atoms with Gasteiger partial charge >= 0.3 is 6.09 Å². The molecule has 0 bridgehead atoms. The van der Waals surface area contributed by atoms with Crippen LogP contribution in [0.3, 0.4) is 0 Å². The minimum atomic E-state index is -1.44. The number of aliphatic hydroxyl groups is 1. The van der Waals surface area contributed by atoms with Gasteiger partial charge in [0.25, 0.3) is 0 Å². The fourth-order valence-electron chi connectivity index (χ4n) is 5.78. The Morgan fingerprint density at radius 2 is 1.92 bits per heavy atom. The maximum absolute atomic E-state index is 12.0. The maximum atomic E-state index is 12.0. The second-order valence-electron chi connectivity index (χ2n) is 10.4. The predicted octanol–water partition coefficient (Wildman–Crippen LogP) is 4.74. The molecule has 2 fully saturated rings. The van der Waals surface area contributed by atoms with Crippen molar-refractivity contribution in [2.75, 3.05) is 13.2 Å². The molecule has 1 saturated carbocycles. The molecule has 11 heteroatoms. The van der Waals surface area contributed by atoms with Crippen LogP contribution in [0.15, 0.2) is 29.3 Å². The zero-order valence-corrected chi connectivity index (χ0v) is 22.2. The monoisotopic (exact) mass is 540 g/mol. The van der Waals surface area contributed by atoms with Gasteiger partial charge in [0.2, 0.25) is 0 Å². The fraction of sp³-hybridized carbons (Fsp3) is 0.519. The number of rotatable bonds is 6. The van der Waals surface area contributed by atoms with Crippen molar-refractivity contribution in [3.8, 4) is 11.3 Å². The summed E-state index contributed by atoms with van der Waals surface area (Å²) in [5.41, 5.74) is 6.93. The fourth-order valence-corrected chi connectivity index (χ4v) is 5.97. The predicted molar refractivity (Wildman–Crippen MR) is 144 cm³/mol. The number of amidine groups is 1. The summed E-state index contributed by atoms with van der Waals surface area (Å²) in [7, 11) is 0. The summed E-state index contributed by atoms with van der Waals surface area (Å²) in [4.78, 5) is 28.7. The number of benzene rings is 1. The highest BCUT2D eigenvalue weighted by Gasteiger charge is 2.40. The average molecular weight is 541 g/mol. The smallest absolute Gasteiger partial charge is 0.433 e. The van der Waals surface area contributed by atoms with E-state index >= 15 is 0 Å². The summed E-state index contributed by atoms with van der Waals surface area (Å²) in [5.74, 6) is 0.528. The van der Waals surface area contributed by atoms with Crippen LogP contribution in [-0.2, 0) is 16.9 Å². The van der Waals surface area contributed by atoms with Crippen LogP contribution in [0.4, 0.5) is 4.79 Å². The van der Waals surface area contributed by atoms with Crippen molar-refractivity contribution < 1.29 is 19.7 Å². The first kappa shape index (κ1) is 26.5. The second-order valence-corrected chi connectivity index (χ2v) is 10.9. The topological polar surface area (TPSA) is 149 Å². The number of nitrogens with two attached hydrogens (primary N) is 1. The summed E-state index contributed by atoms with van der Waals surface area (Å²) in [5, 5.41) is 21.7. The minimum absolute atomic E-state index is 0.0427. The average Bonchev–Trinajstić information content (AvgIpc) is 3.28. The second kappa shape index (κ2) is 11.0. The van der Waals surface area contributed by atoms with Crippen LogP contribution >= 0.6 is 11.6 Å². The van der Waals surface area contributed by atoms with Crippen LogP contribution < -0.4 is 5.73 Å². The highest BCUT2D eigenvalue weighted by molar-refractivity contribution is 6.30. The van der Waals surface area contributed by atoms with E-state index in [0.717, 1.165) is 25.7 Å². The molecule has 1 aromatic carbocycles. The summed E-state index contributed by atoms with van der Waals surface area (Å²) >= 11 is 6.35. The van der Waals surface area contributed by atoms with Crippen LogP contribution in [0.25, 0.3) is 22.4 Å². The lowest BCUT2D eigenvalue weighted by Crippen LogP contribution is -2.38. The van der Waals surface area contributed by atoms with Gasteiger partial charge in [-0.05, 0) is 56.6 Å². The van der Waals surface area contributed by atoms with E-state index in [2.05, 4.69) is 19.5 Å². The Morgan fingerprint density at radius 3 is 2.61 bits per heavy atom. The normalized spacial score (nSPS) is 19.5. The SMILES string of the molecule is CC(O)(c1nc2nc(/C(N)=N/C(=O)O)nc(-c3cccc(Cl)c3)c2n1CC1CCCCC1)C1CCOCC1. The van der Waals surface area contributed by atoms with E-state index in [1.807, 2.05) is 19.1 Å². The Kier molecular flexibility index (Phi) is 7.65. The van der Waals surface area contributed by atoms with Gasteiger partial charge in [0.05, 0.1) is 0 Å². The minimum Gasteiger partial charge on any atom is -0.463 e. The van der Waals surface area contributed by atoms with E-state index in [1.165, 1.54) is 19.3 Å². The van der Waals surface area contributed by atoms with Gasteiger partial charge in [0.15, 0.2) is 17.3 Å². The molecule has 1 amide bonds. The lowest BCUT2D eigenvalue weighted by Gasteiger charge is -2.36. The molecular formula is C27H33ClN6O4. The van der Waals surface area contributed by atoms with Crippen molar-refractivity contribution in [1.82, 2.24) is 19.5 Å². The highest BCUT2D eigenvalue weighted by Crippen LogP contribution is 2.39. The first-order valence-corrected chi connectivity index (χ1v) is 13.5. The Hall–Kier alpha value is -3.08. The summed E-state index contributed by atoms with van der Waals surface area (Å²) < 4.78 is 7.63. The van der Waals surface area contributed by atoms with E-state index in [4.69, 9.17) is 32.2 Å². The number of halogens is 1. The number of carboxylic acid groups (broad SMARTS) is 1. The van der Waals surface area contributed by atoms with Crippen LogP contribution in [0.2, 0.25) is 5.02 Å². The van der Waals surface area contributed by atoms with Gasteiger partial charge in [-0.25, -0.2) is 19.7 Å². The first-order chi connectivity index (χ1) is 18.2. The molecule has 1 unspecified atom stereocenters. The van der Waals surface area contributed by atoms with E-state index in [9.17, 15) is 9.90 Å². The lowest BCUT2D eigenvalue weighted by atomic mass is 9.82. The van der Waals surface area contributed by atoms with Crippen molar-refractivity contribution in [3.05, 3.63) is 40.9 Å². The molecule has 0 spiro atoms. The van der Waals surface area contributed by atoms with E-state index < -0.39 is 11.7 Å². The van der Waals surface area contributed by atoms with Gasteiger partial charge in [-0.15, -0.1) is 0 Å². The Labute approximate surface area is 225 Å². The standard InChI is InChI=1S/C27H33ClN6O4/c1-27(37,18-10-12-38-13-11-18)25-33-23-21(34(25)15-16-6-3-2-4-7-16)20(17-8-5-9-19(28)14-17)30-24(32-23)22(29)31-26(35)36/h5,8-9,14,16,18,37H,2-4,6-7,10-13,15H2,1H3,(H2,29,31)(H,35,36). The Balaban J connectivity index is 1.76. The molecule has 202 valence electrons. The van der Waals surface area contributed by atoms with Crippen molar-refractivity contribution in [3.63, 3.8) is 0 Å². The molecular weight excluding hydrogens is 508 g/mol. The number of amides is 1. The molecule has 2 aliphatic rings. The zero-order valence-electron chi connectivity index (χ0n) is 21.4. The molecule has 1 saturated heterocycles. The van der Waals surface area contributed by atoms with Gasteiger partial charge in [0, 0.05) is 30.3 Å². The third-order valence-corrected chi connectivity index (χ3v) is 8.02. The number of aliphatic imine (C=N–C) groups is 1. The van der Waals surface area contributed by atoms with Gasteiger partial charge in [-0.2, -0.15) is 4.99 Å². The number of ether oxygens (including phenoxy) is 1. The Bertz CT molecular complexity index is 1360. The van der Waals surface area contributed by atoms with E-state index in [1.54, 1.807) is 12.1 Å². The van der Waals surface area contributed by atoms with Gasteiger partial charge in [-0.1, -0.05) is 43.0 Å². The molecule has 4 N–H and O–H groups in total. The van der Waals surface area contributed by atoms with Crippen molar-refractivity contribution in [2.45, 2.75) is 64.0 Å². The maximum Gasteiger partial charge on any atom is 0.433 e. The highest BCUT2D eigenvalue weighted by atomic mass is 35.5. The third kappa shape index (κ3) is 5.39. The van der Waals surface area contributed by atoms with Gasteiger partial charge in [0.1, 0.15) is 22.6 Å². The molecule has 1 atom stereocenters. The molecule has 38 heavy (non-hydrogen) atoms. The number of carbonyl (C=O) groups is 1. The van der Waals surface area contributed by atoms with Crippen LogP contribution in [-0.4, -0.2) is 54.9 Å².